The molecule has 4 unspecified atom stereocenters. The molecule has 12 heteroatoms. The number of aliphatic carboxylic acids is 2. The van der Waals surface area contributed by atoms with E-state index in [4.69, 9.17) is 10.8 Å². The SMILES string of the molecule is CSCCC(NC(=O)C(N)CC(=O)O)C(=O)NC(C)C(=O)N1CCCC1C(=O)O. The molecule has 1 saturated heterocycles. The molecule has 0 aromatic heterocycles. The number of thioether (sulfide) groups is 1. The molecular formula is C17H28N4O7S. The van der Waals surface area contributed by atoms with Gasteiger partial charge in [0.2, 0.25) is 17.7 Å². The lowest BCUT2D eigenvalue weighted by atomic mass is 10.1. The number of hydrogen-bond donors (Lipinski definition) is 5. The Morgan fingerprint density at radius 1 is 1.17 bits per heavy atom. The fraction of sp³-hybridized carbons (Fsp3) is 0.706. The lowest BCUT2D eigenvalue weighted by molar-refractivity contribution is -0.149. The third-order valence-corrected chi connectivity index (χ3v) is 5.17. The highest BCUT2D eigenvalue weighted by atomic mass is 32.2. The lowest BCUT2D eigenvalue weighted by Crippen LogP contribution is -2.56. The van der Waals surface area contributed by atoms with Crippen molar-refractivity contribution >= 4 is 41.4 Å². The van der Waals surface area contributed by atoms with E-state index in [0.717, 1.165) is 0 Å². The molecule has 1 aliphatic heterocycles. The molecule has 164 valence electrons. The van der Waals surface area contributed by atoms with Crippen LogP contribution in [-0.4, -0.2) is 87.5 Å². The van der Waals surface area contributed by atoms with Gasteiger partial charge in [-0.2, -0.15) is 11.8 Å². The van der Waals surface area contributed by atoms with E-state index in [-0.39, 0.29) is 6.42 Å². The fourth-order valence-electron chi connectivity index (χ4n) is 2.98. The van der Waals surface area contributed by atoms with Crippen LogP contribution in [0.3, 0.4) is 0 Å². The van der Waals surface area contributed by atoms with Crippen molar-refractivity contribution in [2.45, 2.75) is 56.8 Å². The van der Waals surface area contributed by atoms with Crippen molar-refractivity contribution in [3.05, 3.63) is 0 Å². The maximum Gasteiger partial charge on any atom is 0.326 e. The monoisotopic (exact) mass is 432 g/mol. The highest BCUT2D eigenvalue weighted by Crippen LogP contribution is 2.18. The van der Waals surface area contributed by atoms with Gasteiger partial charge in [0.1, 0.15) is 18.1 Å². The summed E-state index contributed by atoms with van der Waals surface area (Å²) in [5.74, 6) is -3.72. The molecule has 0 aliphatic carbocycles. The number of amides is 3. The number of hydrogen-bond acceptors (Lipinski definition) is 7. The summed E-state index contributed by atoms with van der Waals surface area (Å²) in [6.07, 6.45) is 2.41. The van der Waals surface area contributed by atoms with Crippen molar-refractivity contribution in [1.29, 1.82) is 0 Å². The van der Waals surface area contributed by atoms with E-state index >= 15 is 0 Å². The molecule has 1 rings (SSSR count). The number of carboxylic acid groups (broad SMARTS) is 2. The summed E-state index contributed by atoms with van der Waals surface area (Å²) >= 11 is 1.45. The van der Waals surface area contributed by atoms with Gasteiger partial charge in [0.25, 0.3) is 0 Å². The predicted molar refractivity (Wildman–Crippen MR) is 105 cm³/mol. The van der Waals surface area contributed by atoms with Crippen LogP contribution in [0.5, 0.6) is 0 Å². The van der Waals surface area contributed by atoms with Crippen LogP contribution in [0.4, 0.5) is 0 Å². The van der Waals surface area contributed by atoms with Crippen molar-refractivity contribution in [2.24, 2.45) is 5.73 Å². The van der Waals surface area contributed by atoms with Crippen molar-refractivity contribution in [3.8, 4) is 0 Å². The highest BCUT2D eigenvalue weighted by molar-refractivity contribution is 7.98. The normalized spacial score (nSPS) is 19.1. The third kappa shape index (κ3) is 7.54. The first-order chi connectivity index (χ1) is 13.6. The second kappa shape index (κ2) is 11.6. The van der Waals surface area contributed by atoms with E-state index in [2.05, 4.69) is 10.6 Å². The Morgan fingerprint density at radius 3 is 2.38 bits per heavy atom. The molecule has 1 aliphatic rings. The Morgan fingerprint density at radius 2 is 1.83 bits per heavy atom. The van der Waals surface area contributed by atoms with E-state index in [0.29, 0.717) is 25.1 Å². The summed E-state index contributed by atoms with van der Waals surface area (Å²) < 4.78 is 0. The molecule has 0 aromatic rings. The van der Waals surface area contributed by atoms with Crippen molar-refractivity contribution in [3.63, 3.8) is 0 Å². The summed E-state index contributed by atoms with van der Waals surface area (Å²) in [6.45, 7) is 1.74. The summed E-state index contributed by atoms with van der Waals surface area (Å²) in [5, 5.41) is 22.9. The molecule has 0 bridgehead atoms. The average Bonchev–Trinajstić information content (AvgIpc) is 3.13. The molecule has 29 heavy (non-hydrogen) atoms. The Kier molecular flexibility index (Phi) is 9.89. The van der Waals surface area contributed by atoms with Crippen LogP contribution in [0.15, 0.2) is 0 Å². The number of nitrogens with one attached hydrogen (secondary N) is 2. The molecule has 1 fully saturated rings. The molecule has 0 radical (unpaired) electrons. The second-order valence-electron chi connectivity index (χ2n) is 6.81. The standard InChI is InChI=1S/C17H28N4O7S/c1-9(16(26)21-6-3-4-12(21)17(27)28)19-15(25)11(5-7-29-2)20-14(24)10(18)8-13(22)23/h9-12H,3-8,18H2,1-2H3,(H,19,25)(H,20,24)(H,22,23)(H,27,28). The van der Waals surface area contributed by atoms with Crippen molar-refractivity contribution in [2.75, 3.05) is 18.6 Å². The van der Waals surface area contributed by atoms with Crippen LogP contribution in [0, 0.1) is 0 Å². The summed E-state index contributed by atoms with van der Waals surface area (Å²) in [5.41, 5.74) is 5.52. The zero-order valence-corrected chi connectivity index (χ0v) is 17.2. The minimum Gasteiger partial charge on any atom is -0.481 e. The van der Waals surface area contributed by atoms with Gasteiger partial charge in [-0.25, -0.2) is 4.79 Å². The van der Waals surface area contributed by atoms with Gasteiger partial charge in [0.15, 0.2) is 0 Å². The Labute approximate surface area is 172 Å². The molecule has 0 aromatic carbocycles. The number of carboxylic acids is 2. The minimum atomic E-state index is -1.31. The number of likely N-dealkylation sites (tertiary alicyclic amines) is 1. The Hall–Kier alpha value is -2.34. The highest BCUT2D eigenvalue weighted by Gasteiger charge is 2.37. The van der Waals surface area contributed by atoms with E-state index in [9.17, 15) is 29.1 Å². The van der Waals surface area contributed by atoms with Crippen molar-refractivity contribution in [1.82, 2.24) is 15.5 Å². The van der Waals surface area contributed by atoms with Gasteiger partial charge in [-0.1, -0.05) is 0 Å². The van der Waals surface area contributed by atoms with Crippen LogP contribution < -0.4 is 16.4 Å². The van der Waals surface area contributed by atoms with Crippen LogP contribution in [0.25, 0.3) is 0 Å². The number of rotatable bonds is 11. The quantitative estimate of drug-likeness (QED) is 0.263. The number of nitrogens with two attached hydrogens (primary N) is 1. The average molecular weight is 432 g/mol. The van der Waals surface area contributed by atoms with E-state index in [1.165, 1.54) is 23.6 Å². The molecule has 11 nitrogen and oxygen atoms in total. The number of carbonyl (C=O) groups excluding carboxylic acids is 3. The van der Waals surface area contributed by atoms with Gasteiger partial charge >= 0.3 is 11.9 Å². The van der Waals surface area contributed by atoms with E-state index in [1.54, 1.807) is 0 Å². The van der Waals surface area contributed by atoms with Crippen LogP contribution >= 0.6 is 11.8 Å². The zero-order chi connectivity index (χ0) is 22.1. The molecule has 0 saturated carbocycles. The molecular weight excluding hydrogens is 404 g/mol. The molecule has 0 spiro atoms. The molecule has 4 atom stereocenters. The minimum absolute atomic E-state index is 0.251. The fourth-order valence-corrected chi connectivity index (χ4v) is 3.45. The number of nitrogens with zero attached hydrogens (tertiary/aromatic N) is 1. The van der Waals surface area contributed by atoms with Crippen LogP contribution in [0.2, 0.25) is 0 Å². The first-order valence-corrected chi connectivity index (χ1v) is 10.6. The molecule has 1 heterocycles. The second-order valence-corrected chi connectivity index (χ2v) is 7.79. The zero-order valence-electron chi connectivity index (χ0n) is 16.4. The largest absolute Gasteiger partial charge is 0.481 e. The smallest absolute Gasteiger partial charge is 0.326 e. The first kappa shape index (κ1) is 24.7. The summed E-state index contributed by atoms with van der Waals surface area (Å²) in [6, 6.07) is -4.21. The first-order valence-electron chi connectivity index (χ1n) is 9.18. The Bertz CT molecular complexity index is 645. The van der Waals surface area contributed by atoms with Crippen molar-refractivity contribution < 1.29 is 34.2 Å². The topological polar surface area (TPSA) is 179 Å². The molecule has 6 N–H and O–H groups in total. The van der Waals surface area contributed by atoms with Gasteiger partial charge in [-0.05, 0) is 38.2 Å². The van der Waals surface area contributed by atoms with Gasteiger partial charge in [0.05, 0.1) is 12.5 Å². The van der Waals surface area contributed by atoms with Gasteiger partial charge in [0, 0.05) is 6.54 Å². The summed E-state index contributed by atoms with van der Waals surface area (Å²) in [7, 11) is 0. The maximum atomic E-state index is 12.6. The lowest BCUT2D eigenvalue weighted by Gasteiger charge is -2.27. The predicted octanol–water partition coefficient (Wildman–Crippen LogP) is -1.39. The maximum absolute atomic E-state index is 12.6. The van der Waals surface area contributed by atoms with Gasteiger partial charge in [-0.3, -0.25) is 19.2 Å². The summed E-state index contributed by atoms with van der Waals surface area (Å²) in [4.78, 5) is 60.4. The number of carbonyl (C=O) groups is 5. The van der Waals surface area contributed by atoms with Gasteiger partial charge in [-0.15, -0.1) is 0 Å². The van der Waals surface area contributed by atoms with E-state index < -0.39 is 60.2 Å². The molecule has 3 amide bonds. The van der Waals surface area contributed by atoms with E-state index in [1.807, 2.05) is 6.26 Å². The van der Waals surface area contributed by atoms with Crippen LogP contribution in [-0.2, 0) is 24.0 Å². The van der Waals surface area contributed by atoms with Crippen LogP contribution in [0.1, 0.15) is 32.6 Å². The Balaban J connectivity index is 2.75. The third-order valence-electron chi connectivity index (χ3n) is 4.53. The van der Waals surface area contributed by atoms with Gasteiger partial charge < -0.3 is 31.5 Å².